The van der Waals surface area contributed by atoms with Crippen LogP contribution in [-0.2, 0) is 4.79 Å². The van der Waals surface area contributed by atoms with E-state index in [1.807, 2.05) is 0 Å². The maximum absolute atomic E-state index is 13.1. The maximum atomic E-state index is 13.1. The highest BCUT2D eigenvalue weighted by molar-refractivity contribution is 9.10. The van der Waals surface area contributed by atoms with Crippen LogP contribution in [0.3, 0.4) is 0 Å². The van der Waals surface area contributed by atoms with Gasteiger partial charge in [0, 0.05) is 30.6 Å². The van der Waals surface area contributed by atoms with Crippen molar-refractivity contribution in [1.82, 2.24) is 4.90 Å². The molecule has 4 nitrogen and oxygen atoms in total. The van der Waals surface area contributed by atoms with E-state index < -0.39 is 5.82 Å². The van der Waals surface area contributed by atoms with Crippen molar-refractivity contribution in [3.05, 3.63) is 28.5 Å². The summed E-state index contributed by atoms with van der Waals surface area (Å²) in [6.07, 6.45) is 0.461. The van der Waals surface area contributed by atoms with Gasteiger partial charge in [-0.05, 0) is 12.1 Å². The highest BCUT2D eigenvalue weighted by atomic mass is 79.9. The van der Waals surface area contributed by atoms with Crippen molar-refractivity contribution >= 4 is 39.0 Å². The maximum Gasteiger partial charge on any atom is 0.260 e. The third-order valence-electron chi connectivity index (χ3n) is 2.32. The van der Waals surface area contributed by atoms with Crippen LogP contribution in [0.1, 0.15) is 6.42 Å². The van der Waals surface area contributed by atoms with Crippen molar-refractivity contribution in [3.63, 3.8) is 0 Å². The summed E-state index contributed by atoms with van der Waals surface area (Å²) < 4.78 is 18.9. The first-order valence-electron chi connectivity index (χ1n) is 5.49. The van der Waals surface area contributed by atoms with Gasteiger partial charge < -0.3 is 15.4 Å². The number of ether oxygens (including phenoxy) is 1. The second-order valence-corrected chi connectivity index (χ2v) is 5.37. The zero-order chi connectivity index (χ0) is 14.4. The smallest absolute Gasteiger partial charge is 0.260 e. The highest BCUT2D eigenvalue weighted by Gasteiger charge is 2.10. The molecule has 104 valence electrons. The number of amides is 1. The lowest BCUT2D eigenvalue weighted by Crippen LogP contribution is -2.33. The van der Waals surface area contributed by atoms with Crippen molar-refractivity contribution in [1.29, 1.82) is 0 Å². The molecule has 0 aromatic heterocycles. The highest BCUT2D eigenvalue weighted by Crippen LogP contribution is 2.20. The fraction of sp³-hybridized carbons (Fsp3) is 0.333. The number of benzene rings is 1. The SMILES string of the molecule is CN(CCC(N)=S)C(=O)COc1cc(F)cc(Br)c1. The zero-order valence-corrected chi connectivity index (χ0v) is 12.8. The molecule has 0 heterocycles. The van der Waals surface area contributed by atoms with E-state index in [0.717, 1.165) is 0 Å². The van der Waals surface area contributed by atoms with Gasteiger partial charge in [-0.15, -0.1) is 0 Å². The summed E-state index contributed by atoms with van der Waals surface area (Å²) in [6.45, 7) is 0.272. The van der Waals surface area contributed by atoms with Crippen molar-refractivity contribution in [2.24, 2.45) is 5.73 Å². The van der Waals surface area contributed by atoms with E-state index >= 15 is 0 Å². The first-order chi connectivity index (χ1) is 8.88. The topological polar surface area (TPSA) is 55.6 Å². The fourth-order valence-corrected chi connectivity index (χ4v) is 1.81. The molecule has 1 aromatic rings. The lowest BCUT2D eigenvalue weighted by Gasteiger charge is -2.17. The lowest BCUT2D eigenvalue weighted by atomic mass is 10.3. The number of likely N-dealkylation sites (N-methyl/N-ethyl adjacent to an activating group) is 1. The van der Waals surface area contributed by atoms with E-state index in [1.165, 1.54) is 17.0 Å². The van der Waals surface area contributed by atoms with Crippen molar-refractivity contribution in [2.75, 3.05) is 20.2 Å². The van der Waals surface area contributed by atoms with E-state index in [1.54, 1.807) is 13.1 Å². The molecule has 19 heavy (non-hydrogen) atoms. The minimum Gasteiger partial charge on any atom is -0.484 e. The molecular weight excluding hydrogens is 335 g/mol. The van der Waals surface area contributed by atoms with Crippen LogP contribution in [0.2, 0.25) is 0 Å². The average Bonchev–Trinajstić information content (AvgIpc) is 2.31. The predicted molar refractivity (Wildman–Crippen MR) is 78.6 cm³/mol. The minimum atomic E-state index is -0.432. The van der Waals surface area contributed by atoms with Gasteiger partial charge in [-0.3, -0.25) is 4.79 Å². The summed E-state index contributed by atoms with van der Waals surface area (Å²) in [5.41, 5.74) is 5.35. The number of halogens is 2. The van der Waals surface area contributed by atoms with Gasteiger partial charge in [0.1, 0.15) is 11.6 Å². The van der Waals surface area contributed by atoms with Crippen LogP contribution in [0.25, 0.3) is 0 Å². The first-order valence-corrected chi connectivity index (χ1v) is 6.70. The molecule has 0 bridgehead atoms. The predicted octanol–water partition coefficient (Wildman–Crippen LogP) is 2.10. The van der Waals surface area contributed by atoms with Crippen molar-refractivity contribution in [3.8, 4) is 5.75 Å². The molecule has 0 aliphatic heterocycles. The number of carbonyl (C=O) groups is 1. The number of carbonyl (C=O) groups excluding carboxylic acids is 1. The quantitative estimate of drug-likeness (QED) is 0.800. The van der Waals surface area contributed by atoms with Gasteiger partial charge in [0.2, 0.25) is 0 Å². The molecule has 0 radical (unpaired) electrons. The minimum absolute atomic E-state index is 0.163. The number of nitrogens with zero attached hydrogens (tertiary/aromatic N) is 1. The van der Waals surface area contributed by atoms with Crippen molar-refractivity contribution in [2.45, 2.75) is 6.42 Å². The van der Waals surface area contributed by atoms with E-state index in [9.17, 15) is 9.18 Å². The van der Waals surface area contributed by atoms with Crippen LogP contribution in [0, 0.1) is 5.82 Å². The Bertz CT molecular complexity index is 465. The molecule has 7 heteroatoms. The summed E-state index contributed by atoms with van der Waals surface area (Å²) in [6, 6.07) is 4.11. The van der Waals surface area contributed by atoms with Gasteiger partial charge in [0.15, 0.2) is 6.61 Å². The number of hydrogen-bond acceptors (Lipinski definition) is 3. The molecule has 1 rings (SSSR count). The lowest BCUT2D eigenvalue weighted by molar-refractivity contribution is -0.131. The molecule has 1 aromatic carbocycles. The Hall–Kier alpha value is -1.21. The third kappa shape index (κ3) is 5.98. The Morgan fingerprint density at radius 3 is 2.79 bits per heavy atom. The van der Waals surface area contributed by atoms with Crippen LogP contribution in [0.15, 0.2) is 22.7 Å². The monoisotopic (exact) mass is 348 g/mol. The van der Waals surface area contributed by atoms with Gasteiger partial charge in [-0.1, -0.05) is 28.1 Å². The molecular formula is C12H14BrFN2O2S. The number of rotatable bonds is 6. The largest absolute Gasteiger partial charge is 0.484 e. The Morgan fingerprint density at radius 2 is 2.21 bits per heavy atom. The molecule has 1 amide bonds. The zero-order valence-electron chi connectivity index (χ0n) is 10.4. The molecule has 0 spiro atoms. The fourth-order valence-electron chi connectivity index (χ4n) is 1.27. The van der Waals surface area contributed by atoms with Gasteiger partial charge >= 0.3 is 0 Å². The normalized spacial score (nSPS) is 10.1. The summed E-state index contributed by atoms with van der Waals surface area (Å²) >= 11 is 7.88. The van der Waals surface area contributed by atoms with Gasteiger partial charge in [0.05, 0.1) is 4.99 Å². The van der Waals surface area contributed by atoms with E-state index in [2.05, 4.69) is 15.9 Å². The molecule has 0 unspecified atom stereocenters. The summed E-state index contributed by atoms with van der Waals surface area (Å²) in [7, 11) is 1.63. The molecule has 0 atom stereocenters. The van der Waals surface area contributed by atoms with Crippen molar-refractivity contribution < 1.29 is 13.9 Å². The second-order valence-electron chi connectivity index (χ2n) is 3.93. The Balaban J connectivity index is 2.47. The van der Waals surface area contributed by atoms with Crippen LogP contribution < -0.4 is 10.5 Å². The molecule has 0 fully saturated rings. The van der Waals surface area contributed by atoms with E-state index in [-0.39, 0.29) is 12.5 Å². The summed E-state index contributed by atoms with van der Waals surface area (Å²) in [4.78, 5) is 13.5. The Labute approximate surface area is 124 Å². The third-order valence-corrected chi connectivity index (χ3v) is 2.98. The van der Waals surface area contributed by atoms with Gasteiger partial charge in [-0.25, -0.2) is 4.39 Å². The Morgan fingerprint density at radius 1 is 1.53 bits per heavy atom. The molecule has 0 aliphatic carbocycles. The summed E-state index contributed by atoms with van der Waals surface area (Å²) in [5, 5.41) is 0. The summed E-state index contributed by atoms with van der Waals surface area (Å²) in [5.74, 6) is -0.363. The molecule has 0 saturated heterocycles. The molecule has 2 N–H and O–H groups in total. The second kappa shape index (κ2) is 7.40. The molecule has 0 aliphatic rings. The van der Waals surface area contributed by atoms with Crippen LogP contribution >= 0.6 is 28.1 Å². The van der Waals surface area contributed by atoms with Crippen LogP contribution in [-0.4, -0.2) is 36.0 Å². The van der Waals surface area contributed by atoms with Gasteiger partial charge in [0.25, 0.3) is 5.91 Å². The van der Waals surface area contributed by atoms with E-state index in [4.69, 9.17) is 22.7 Å². The molecule has 0 saturated carbocycles. The average molecular weight is 349 g/mol. The number of thiocarbonyl (C=S) groups is 1. The van der Waals surface area contributed by atoms with Gasteiger partial charge in [-0.2, -0.15) is 0 Å². The van der Waals surface area contributed by atoms with Crippen LogP contribution in [0.5, 0.6) is 5.75 Å². The number of hydrogen-bond donors (Lipinski definition) is 1. The standard InChI is InChI=1S/C12H14BrFN2O2S/c1-16(3-2-11(15)19)12(17)7-18-10-5-8(13)4-9(14)6-10/h4-6H,2-3,7H2,1H3,(H2,15,19). The van der Waals surface area contributed by atoms with Crippen LogP contribution in [0.4, 0.5) is 4.39 Å². The Kier molecular flexibility index (Phi) is 6.17. The first kappa shape index (κ1) is 15.8. The number of nitrogens with two attached hydrogens (primary N) is 1. The van der Waals surface area contributed by atoms with E-state index in [0.29, 0.717) is 28.2 Å².